The zero-order chi connectivity index (χ0) is 29.6. The summed E-state index contributed by atoms with van der Waals surface area (Å²) in [5, 5.41) is 3.01. The average Bonchev–Trinajstić information content (AvgIpc) is 2.96. The minimum atomic E-state index is -4.32. The Bertz CT molecular complexity index is 1460. The van der Waals surface area contributed by atoms with Crippen molar-refractivity contribution in [2.24, 2.45) is 0 Å². The monoisotopic (exact) mass is 583 g/mol. The lowest BCUT2D eigenvalue weighted by atomic mass is 9.95. The summed E-state index contributed by atoms with van der Waals surface area (Å²) in [6.45, 7) is 2.51. The summed E-state index contributed by atoms with van der Waals surface area (Å²) >= 11 is 0. The SMILES string of the molecule is Cc1ccc(N(CC(=O)N(Cc2ccccc2F)C(C)C(=O)NC2CCCCC2)S(=O)(=O)c2ccc(F)cc2)cc1. The Morgan fingerprint density at radius 3 is 2.20 bits per heavy atom. The third kappa shape index (κ3) is 7.49. The minimum absolute atomic E-state index is 0.00739. The van der Waals surface area contributed by atoms with Crippen molar-refractivity contribution < 1.29 is 26.8 Å². The van der Waals surface area contributed by atoms with Gasteiger partial charge in [-0.2, -0.15) is 0 Å². The van der Waals surface area contributed by atoms with E-state index in [-0.39, 0.29) is 34.6 Å². The van der Waals surface area contributed by atoms with Gasteiger partial charge in [0, 0.05) is 18.2 Å². The first-order chi connectivity index (χ1) is 19.6. The molecule has 0 aliphatic heterocycles. The number of sulfonamides is 1. The van der Waals surface area contributed by atoms with Gasteiger partial charge in [0.05, 0.1) is 10.6 Å². The van der Waals surface area contributed by atoms with Crippen LogP contribution >= 0.6 is 0 Å². The molecule has 218 valence electrons. The fraction of sp³-hybridized carbons (Fsp3) is 0.355. The molecule has 1 aliphatic rings. The zero-order valence-electron chi connectivity index (χ0n) is 23.2. The summed E-state index contributed by atoms with van der Waals surface area (Å²) < 4.78 is 56.7. The number of rotatable bonds is 10. The first-order valence-electron chi connectivity index (χ1n) is 13.7. The molecule has 7 nitrogen and oxygen atoms in total. The second-order valence-electron chi connectivity index (χ2n) is 10.4. The first-order valence-corrected chi connectivity index (χ1v) is 15.2. The van der Waals surface area contributed by atoms with E-state index in [2.05, 4.69) is 5.32 Å². The predicted molar refractivity (Wildman–Crippen MR) is 154 cm³/mol. The summed E-state index contributed by atoms with van der Waals surface area (Å²) in [6, 6.07) is 15.8. The fourth-order valence-corrected chi connectivity index (χ4v) is 6.35. The predicted octanol–water partition coefficient (Wildman–Crippen LogP) is 5.33. The second-order valence-corrected chi connectivity index (χ2v) is 12.3. The molecule has 1 fully saturated rings. The number of nitrogens with zero attached hydrogens (tertiary/aromatic N) is 2. The van der Waals surface area contributed by atoms with Crippen LogP contribution in [0.3, 0.4) is 0 Å². The van der Waals surface area contributed by atoms with Crippen LogP contribution in [0.5, 0.6) is 0 Å². The molecule has 1 unspecified atom stereocenters. The molecule has 1 atom stereocenters. The first kappa shape index (κ1) is 30.2. The van der Waals surface area contributed by atoms with E-state index in [9.17, 15) is 26.8 Å². The van der Waals surface area contributed by atoms with Gasteiger partial charge in [0.1, 0.15) is 24.2 Å². The van der Waals surface area contributed by atoms with Crippen LogP contribution in [0.25, 0.3) is 0 Å². The molecule has 0 bridgehead atoms. The van der Waals surface area contributed by atoms with Gasteiger partial charge in [0.25, 0.3) is 10.0 Å². The van der Waals surface area contributed by atoms with Gasteiger partial charge >= 0.3 is 0 Å². The maximum Gasteiger partial charge on any atom is 0.264 e. The Kier molecular flexibility index (Phi) is 9.75. The largest absolute Gasteiger partial charge is 0.352 e. The van der Waals surface area contributed by atoms with E-state index in [0.717, 1.165) is 66.2 Å². The maximum atomic E-state index is 14.7. The van der Waals surface area contributed by atoms with Gasteiger partial charge in [0.2, 0.25) is 11.8 Å². The molecule has 1 N–H and O–H groups in total. The maximum absolute atomic E-state index is 14.7. The topological polar surface area (TPSA) is 86.8 Å². The molecule has 0 spiro atoms. The smallest absolute Gasteiger partial charge is 0.264 e. The summed E-state index contributed by atoms with van der Waals surface area (Å²) in [7, 11) is -4.32. The van der Waals surface area contributed by atoms with E-state index >= 15 is 0 Å². The molecule has 2 amide bonds. The Balaban J connectivity index is 1.68. The highest BCUT2D eigenvalue weighted by molar-refractivity contribution is 7.92. The fourth-order valence-electron chi connectivity index (χ4n) is 4.94. The van der Waals surface area contributed by atoms with E-state index in [0.29, 0.717) is 0 Å². The third-order valence-electron chi connectivity index (χ3n) is 7.42. The quantitative estimate of drug-likeness (QED) is 0.349. The molecular weight excluding hydrogens is 548 g/mol. The van der Waals surface area contributed by atoms with Gasteiger partial charge in [-0.3, -0.25) is 13.9 Å². The highest BCUT2D eigenvalue weighted by Gasteiger charge is 2.33. The number of halogens is 2. The number of benzene rings is 3. The van der Waals surface area contributed by atoms with Crippen molar-refractivity contribution in [2.75, 3.05) is 10.8 Å². The molecule has 0 aromatic heterocycles. The summed E-state index contributed by atoms with van der Waals surface area (Å²) in [5.41, 5.74) is 1.30. The van der Waals surface area contributed by atoms with Crippen LogP contribution < -0.4 is 9.62 Å². The number of anilines is 1. The van der Waals surface area contributed by atoms with Gasteiger partial charge < -0.3 is 10.2 Å². The van der Waals surface area contributed by atoms with E-state index in [1.807, 2.05) is 6.92 Å². The Hall–Kier alpha value is -3.79. The molecule has 10 heteroatoms. The van der Waals surface area contributed by atoms with Crippen LogP contribution in [-0.2, 0) is 26.2 Å². The third-order valence-corrected chi connectivity index (χ3v) is 9.21. The molecule has 1 saturated carbocycles. The van der Waals surface area contributed by atoms with Crippen molar-refractivity contribution in [2.45, 2.75) is 69.5 Å². The van der Waals surface area contributed by atoms with Crippen molar-refractivity contribution in [3.63, 3.8) is 0 Å². The van der Waals surface area contributed by atoms with Crippen LogP contribution in [0, 0.1) is 18.6 Å². The van der Waals surface area contributed by atoms with Crippen LogP contribution in [0.2, 0.25) is 0 Å². The average molecular weight is 584 g/mol. The van der Waals surface area contributed by atoms with E-state index in [1.54, 1.807) is 37.3 Å². The summed E-state index contributed by atoms with van der Waals surface area (Å²) in [4.78, 5) is 28.3. The number of nitrogens with one attached hydrogen (secondary N) is 1. The number of hydrogen-bond acceptors (Lipinski definition) is 4. The Morgan fingerprint density at radius 1 is 0.927 bits per heavy atom. The molecule has 0 radical (unpaired) electrons. The number of amides is 2. The van der Waals surface area contributed by atoms with Gasteiger partial charge in [-0.1, -0.05) is 55.2 Å². The summed E-state index contributed by atoms with van der Waals surface area (Å²) in [6.07, 6.45) is 4.80. The Morgan fingerprint density at radius 2 is 1.56 bits per heavy atom. The summed E-state index contributed by atoms with van der Waals surface area (Å²) in [5.74, 6) is -2.22. The molecule has 3 aromatic rings. The van der Waals surface area contributed by atoms with Crippen molar-refractivity contribution in [1.29, 1.82) is 0 Å². The molecule has 4 rings (SSSR count). The highest BCUT2D eigenvalue weighted by atomic mass is 32.2. The standard InChI is InChI=1S/C31H35F2N3O4S/c1-22-12-16-27(17-13-22)36(41(39,40)28-18-14-25(32)15-19-28)21-30(37)35(20-24-8-6-7-11-29(24)33)23(2)31(38)34-26-9-4-3-5-10-26/h6-8,11-19,23,26H,3-5,9-10,20-21H2,1-2H3,(H,34,38). The van der Waals surface area contributed by atoms with E-state index < -0.39 is 40.2 Å². The van der Waals surface area contributed by atoms with Crippen molar-refractivity contribution in [3.05, 3.63) is 95.6 Å². The van der Waals surface area contributed by atoms with Crippen LogP contribution in [0.15, 0.2) is 77.7 Å². The number of aryl methyl sites for hydroxylation is 1. The van der Waals surface area contributed by atoms with Crippen LogP contribution in [-0.4, -0.2) is 43.8 Å². The second kappa shape index (κ2) is 13.2. The lowest BCUT2D eigenvalue weighted by molar-refractivity contribution is -0.139. The normalized spacial score (nSPS) is 14.7. The molecule has 41 heavy (non-hydrogen) atoms. The molecule has 0 heterocycles. The van der Waals surface area contributed by atoms with Crippen molar-refractivity contribution >= 4 is 27.5 Å². The molecule has 3 aromatic carbocycles. The van der Waals surface area contributed by atoms with E-state index in [4.69, 9.17) is 0 Å². The van der Waals surface area contributed by atoms with Crippen molar-refractivity contribution in [3.8, 4) is 0 Å². The van der Waals surface area contributed by atoms with Gasteiger partial charge in [-0.25, -0.2) is 17.2 Å². The number of carbonyl (C=O) groups is 2. The molecular formula is C31H35F2N3O4S. The van der Waals surface area contributed by atoms with Gasteiger partial charge in [-0.05, 0) is 69.2 Å². The number of hydrogen-bond donors (Lipinski definition) is 1. The molecule has 0 saturated heterocycles. The zero-order valence-corrected chi connectivity index (χ0v) is 24.0. The Labute approximate surface area is 240 Å². The van der Waals surface area contributed by atoms with Crippen molar-refractivity contribution in [1.82, 2.24) is 10.2 Å². The highest BCUT2D eigenvalue weighted by Crippen LogP contribution is 2.26. The number of carbonyl (C=O) groups excluding carboxylic acids is 2. The van der Waals surface area contributed by atoms with E-state index in [1.165, 1.54) is 23.1 Å². The lowest BCUT2D eigenvalue weighted by Crippen LogP contribution is -2.53. The van der Waals surface area contributed by atoms with Crippen LogP contribution in [0.4, 0.5) is 14.5 Å². The lowest BCUT2D eigenvalue weighted by Gasteiger charge is -2.33. The minimum Gasteiger partial charge on any atom is -0.352 e. The molecule has 1 aliphatic carbocycles. The van der Waals surface area contributed by atoms with Gasteiger partial charge in [0.15, 0.2) is 0 Å². The van der Waals surface area contributed by atoms with Gasteiger partial charge in [-0.15, -0.1) is 0 Å². The van der Waals surface area contributed by atoms with Crippen LogP contribution in [0.1, 0.15) is 50.2 Å².